The van der Waals surface area contributed by atoms with E-state index in [0.29, 0.717) is 30.8 Å². The molecule has 0 saturated carbocycles. The van der Waals surface area contributed by atoms with Gasteiger partial charge in [-0.15, -0.1) is 0 Å². The monoisotopic (exact) mass is 344 g/mol. The Morgan fingerprint density at radius 2 is 2.16 bits per heavy atom. The number of carbonyl (C=O) groups excluding carboxylic acids is 2. The van der Waals surface area contributed by atoms with Crippen LogP contribution in [0.5, 0.6) is 0 Å². The first-order valence-electron chi connectivity index (χ1n) is 8.81. The van der Waals surface area contributed by atoms with Gasteiger partial charge in [-0.05, 0) is 38.8 Å². The summed E-state index contributed by atoms with van der Waals surface area (Å²) in [6, 6.07) is 5.46. The molecule has 7 heteroatoms. The number of nitrogens with one attached hydrogen (secondary N) is 1. The van der Waals surface area contributed by atoms with E-state index in [9.17, 15) is 9.59 Å². The molecule has 1 atom stereocenters. The Labute approximate surface area is 147 Å². The topological polar surface area (TPSA) is 75.9 Å². The van der Waals surface area contributed by atoms with Gasteiger partial charge < -0.3 is 15.0 Å². The van der Waals surface area contributed by atoms with Crippen LogP contribution >= 0.6 is 0 Å². The smallest absolute Gasteiger partial charge is 0.287 e. The number of ether oxygens (including phenoxy) is 1. The molecule has 2 aromatic rings. The molecule has 2 aromatic heterocycles. The zero-order chi connectivity index (χ0) is 17.8. The van der Waals surface area contributed by atoms with Crippen LogP contribution in [-0.4, -0.2) is 58.4 Å². The summed E-state index contributed by atoms with van der Waals surface area (Å²) in [6.07, 6.45) is 3.79. The maximum atomic E-state index is 12.7. The number of pyridine rings is 1. The van der Waals surface area contributed by atoms with Crippen molar-refractivity contribution < 1.29 is 14.3 Å². The van der Waals surface area contributed by atoms with Gasteiger partial charge in [0, 0.05) is 32.4 Å². The molecular formula is C18H24N4O3. The van der Waals surface area contributed by atoms with Gasteiger partial charge in [-0.1, -0.05) is 6.07 Å². The standard InChI is InChI=1S/C18H24N4O3/c1-3-21(4-2)18(24)15-14-9-5-6-10-22(14)16(20-15)17(23)19-12-13-8-7-11-25-13/h5-6,9-10,13H,3-4,7-8,11-12H2,1-2H3,(H,19,23). The SMILES string of the molecule is CCN(CC)C(=O)c1nc(C(=O)NCC2CCCO2)n2ccccc12. The number of fused-ring (bicyclic) bond motifs is 1. The zero-order valence-electron chi connectivity index (χ0n) is 14.7. The van der Waals surface area contributed by atoms with E-state index in [1.165, 1.54) is 0 Å². The number of rotatable bonds is 6. The van der Waals surface area contributed by atoms with Crippen molar-refractivity contribution in [2.45, 2.75) is 32.8 Å². The lowest BCUT2D eigenvalue weighted by molar-refractivity contribution is 0.0769. The molecule has 3 rings (SSSR count). The number of hydrogen-bond acceptors (Lipinski definition) is 4. The summed E-state index contributed by atoms with van der Waals surface area (Å²) in [7, 11) is 0. The number of imidazole rings is 1. The van der Waals surface area contributed by atoms with E-state index in [2.05, 4.69) is 10.3 Å². The van der Waals surface area contributed by atoms with Crippen molar-refractivity contribution in [2.75, 3.05) is 26.2 Å². The third-order valence-corrected chi connectivity index (χ3v) is 4.52. The fourth-order valence-electron chi connectivity index (χ4n) is 3.11. The van der Waals surface area contributed by atoms with Crippen LogP contribution in [0.4, 0.5) is 0 Å². The lowest BCUT2D eigenvalue weighted by atomic mass is 10.2. The second-order valence-electron chi connectivity index (χ2n) is 6.06. The first-order valence-corrected chi connectivity index (χ1v) is 8.81. The van der Waals surface area contributed by atoms with Gasteiger partial charge in [-0.3, -0.25) is 14.0 Å². The van der Waals surface area contributed by atoms with Gasteiger partial charge in [0.25, 0.3) is 11.8 Å². The van der Waals surface area contributed by atoms with Crippen molar-refractivity contribution in [1.82, 2.24) is 19.6 Å². The van der Waals surface area contributed by atoms with Crippen molar-refractivity contribution >= 4 is 17.3 Å². The van der Waals surface area contributed by atoms with Gasteiger partial charge in [-0.25, -0.2) is 4.98 Å². The summed E-state index contributed by atoms with van der Waals surface area (Å²) >= 11 is 0. The van der Waals surface area contributed by atoms with Crippen LogP contribution in [0.3, 0.4) is 0 Å². The average Bonchev–Trinajstić information content (AvgIpc) is 3.28. The Balaban J connectivity index is 1.87. The molecule has 7 nitrogen and oxygen atoms in total. The summed E-state index contributed by atoms with van der Waals surface area (Å²) in [4.78, 5) is 31.4. The molecule has 25 heavy (non-hydrogen) atoms. The predicted molar refractivity (Wildman–Crippen MR) is 93.8 cm³/mol. The number of aromatic nitrogens is 2. The number of nitrogens with zero attached hydrogens (tertiary/aromatic N) is 3. The average molecular weight is 344 g/mol. The summed E-state index contributed by atoms with van der Waals surface area (Å²) in [6.45, 7) is 6.25. The summed E-state index contributed by atoms with van der Waals surface area (Å²) in [5, 5.41) is 2.87. The molecule has 0 bridgehead atoms. The highest BCUT2D eigenvalue weighted by atomic mass is 16.5. The molecule has 0 aliphatic carbocycles. The minimum atomic E-state index is -0.296. The maximum Gasteiger partial charge on any atom is 0.287 e. The van der Waals surface area contributed by atoms with E-state index in [4.69, 9.17) is 4.74 Å². The van der Waals surface area contributed by atoms with Crippen LogP contribution in [0.1, 0.15) is 47.8 Å². The van der Waals surface area contributed by atoms with Gasteiger partial charge in [0.05, 0.1) is 11.6 Å². The van der Waals surface area contributed by atoms with Crippen molar-refractivity contribution in [3.05, 3.63) is 35.9 Å². The molecule has 3 heterocycles. The highest BCUT2D eigenvalue weighted by Gasteiger charge is 2.24. The van der Waals surface area contributed by atoms with Crippen molar-refractivity contribution in [1.29, 1.82) is 0 Å². The maximum absolute atomic E-state index is 12.7. The van der Waals surface area contributed by atoms with Crippen LogP contribution in [0.2, 0.25) is 0 Å². The van der Waals surface area contributed by atoms with Gasteiger partial charge in [0.15, 0.2) is 5.69 Å². The second-order valence-corrected chi connectivity index (χ2v) is 6.06. The lowest BCUT2D eigenvalue weighted by Gasteiger charge is -2.17. The third-order valence-electron chi connectivity index (χ3n) is 4.52. The van der Waals surface area contributed by atoms with Crippen LogP contribution in [0, 0.1) is 0 Å². The van der Waals surface area contributed by atoms with Crippen molar-refractivity contribution in [3.8, 4) is 0 Å². The molecule has 1 unspecified atom stereocenters. The molecule has 2 amide bonds. The van der Waals surface area contributed by atoms with Crippen LogP contribution in [0.25, 0.3) is 5.52 Å². The highest BCUT2D eigenvalue weighted by Crippen LogP contribution is 2.16. The molecule has 1 saturated heterocycles. The van der Waals surface area contributed by atoms with Gasteiger partial charge in [0.2, 0.25) is 5.82 Å². The van der Waals surface area contributed by atoms with Crippen LogP contribution < -0.4 is 5.32 Å². The first kappa shape index (κ1) is 17.4. The molecule has 0 radical (unpaired) electrons. The number of amides is 2. The van der Waals surface area contributed by atoms with E-state index in [1.54, 1.807) is 21.6 Å². The second kappa shape index (κ2) is 7.65. The van der Waals surface area contributed by atoms with E-state index < -0.39 is 0 Å². The fraction of sp³-hybridized carbons (Fsp3) is 0.500. The minimum Gasteiger partial charge on any atom is -0.376 e. The molecule has 1 fully saturated rings. The molecule has 1 aliphatic rings. The summed E-state index contributed by atoms with van der Waals surface area (Å²) in [5.74, 6) is -0.230. The largest absolute Gasteiger partial charge is 0.376 e. The Hall–Kier alpha value is -2.41. The molecule has 134 valence electrons. The van der Waals surface area contributed by atoms with Crippen molar-refractivity contribution in [3.63, 3.8) is 0 Å². The van der Waals surface area contributed by atoms with E-state index in [1.807, 2.05) is 26.0 Å². The lowest BCUT2D eigenvalue weighted by Crippen LogP contribution is -2.33. The first-order chi connectivity index (χ1) is 12.2. The van der Waals surface area contributed by atoms with E-state index >= 15 is 0 Å². The number of hydrogen-bond donors (Lipinski definition) is 1. The zero-order valence-corrected chi connectivity index (χ0v) is 14.7. The van der Waals surface area contributed by atoms with Crippen molar-refractivity contribution in [2.24, 2.45) is 0 Å². The van der Waals surface area contributed by atoms with Gasteiger partial charge in [0.1, 0.15) is 0 Å². The van der Waals surface area contributed by atoms with E-state index in [0.717, 1.165) is 19.4 Å². The Kier molecular flexibility index (Phi) is 5.33. The predicted octanol–water partition coefficient (Wildman–Crippen LogP) is 1.73. The molecule has 1 N–H and O–H groups in total. The van der Waals surface area contributed by atoms with Gasteiger partial charge >= 0.3 is 0 Å². The van der Waals surface area contributed by atoms with Crippen LogP contribution in [0.15, 0.2) is 24.4 Å². The summed E-state index contributed by atoms with van der Waals surface area (Å²) < 4.78 is 7.20. The van der Waals surface area contributed by atoms with Crippen LogP contribution in [-0.2, 0) is 4.74 Å². The minimum absolute atomic E-state index is 0.0620. The van der Waals surface area contributed by atoms with E-state index in [-0.39, 0.29) is 23.7 Å². The highest BCUT2D eigenvalue weighted by molar-refractivity contribution is 6.02. The summed E-state index contributed by atoms with van der Waals surface area (Å²) in [5.41, 5.74) is 0.952. The molecular weight excluding hydrogens is 320 g/mol. The quantitative estimate of drug-likeness (QED) is 0.866. The Morgan fingerprint density at radius 3 is 2.84 bits per heavy atom. The Bertz CT molecular complexity index is 761. The Morgan fingerprint density at radius 1 is 1.36 bits per heavy atom. The van der Waals surface area contributed by atoms with Gasteiger partial charge in [-0.2, -0.15) is 0 Å². The third kappa shape index (κ3) is 3.51. The normalized spacial score (nSPS) is 17.0. The molecule has 1 aliphatic heterocycles. The fourth-order valence-corrected chi connectivity index (χ4v) is 3.11. The molecule has 0 aromatic carbocycles. The number of carbonyl (C=O) groups is 2. The molecule has 0 spiro atoms.